The van der Waals surface area contributed by atoms with Crippen molar-refractivity contribution in [1.29, 1.82) is 0 Å². The van der Waals surface area contributed by atoms with Crippen LogP contribution in [0.5, 0.6) is 11.5 Å². The first-order chi connectivity index (χ1) is 12.9. The van der Waals surface area contributed by atoms with Gasteiger partial charge in [-0.2, -0.15) is 0 Å². The van der Waals surface area contributed by atoms with Gasteiger partial charge in [0.2, 0.25) is 5.91 Å². The maximum Gasteiger partial charge on any atom is 0.289 e. The van der Waals surface area contributed by atoms with Crippen molar-refractivity contribution in [3.63, 3.8) is 0 Å². The molecule has 0 unspecified atom stereocenters. The molecule has 3 rings (SSSR count). The van der Waals surface area contributed by atoms with E-state index in [1.807, 2.05) is 24.3 Å². The summed E-state index contributed by atoms with van der Waals surface area (Å²) in [5.41, 5.74) is 1.63. The average molecular weight is 471 g/mol. The summed E-state index contributed by atoms with van der Waals surface area (Å²) in [6, 6.07) is 10.9. The summed E-state index contributed by atoms with van der Waals surface area (Å²) in [4.78, 5) is 26.4. The summed E-state index contributed by atoms with van der Waals surface area (Å²) in [5.74, 6) is 0.841. The van der Waals surface area contributed by atoms with E-state index >= 15 is 0 Å². The van der Waals surface area contributed by atoms with Gasteiger partial charge in [0.25, 0.3) is 5.24 Å². The normalized spacial score (nSPS) is 16.7. The van der Waals surface area contributed by atoms with E-state index in [9.17, 15) is 9.59 Å². The number of halogens is 2. The molecule has 142 valence electrons. The molecule has 0 radical (unpaired) electrons. The van der Waals surface area contributed by atoms with Crippen LogP contribution in [-0.2, 0) is 17.8 Å². The van der Waals surface area contributed by atoms with E-state index in [1.54, 1.807) is 12.1 Å². The smallest absolute Gasteiger partial charge is 0.289 e. The van der Waals surface area contributed by atoms with Gasteiger partial charge >= 0.3 is 0 Å². The lowest BCUT2D eigenvalue weighted by atomic mass is 10.1. The minimum atomic E-state index is -0.511. The Morgan fingerprint density at radius 1 is 1.11 bits per heavy atom. The van der Waals surface area contributed by atoms with Crippen LogP contribution >= 0.6 is 39.3 Å². The van der Waals surface area contributed by atoms with Gasteiger partial charge in [-0.25, -0.2) is 0 Å². The number of imide groups is 1. The standard InChI is InChI=1S/C19H17BrClNO4S/c1-25-15-7-12(14(21)9-16(15)26-2)8-17-18(23)22(19(24)27-17)10-11-3-5-13(20)6-4-11/h3-7,9,17H,8,10H2,1-2H3/t17-/m1/s1. The molecule has 1 atom stereocenters. The molecule has 27 heavy (non-hydrogen) atoms. The van der Waals surface area contributed by atoms with Crippen molar-refractivity contribution in [1.82, 2.24) is 4.90 Å². The van der Waals surface area contributed by atoms with Crippen LogP contribution in [0.3, 0.4) is 0 Å². The number of carbonyl (C=O) groups is 2. The average Bonchev–Trinajstić information content (AvgIpc) is 2.92. The molecule has 2 aromatic rings. The zero-order valence-corrected chi connectivity index (χ0v) is 17.9. The van der Waals surface area contributed by atoms with Gasteiger partial charge in [-0.05, 0) is 35.7 Å². The molecule has 2 amide bonds. The fourth-order valence-corrected chi connectivity index (χ4v) is 4.31. The maximum absolute atomic E-state index is 12.8. The lowest BCUT2D eigenvalue weighted by Crippen LogP contribution is -2.31. The number of thioether (sulfide) groups is 1. The van der Waals surface area contributed by atoms with Crippen LogP contribution in [0.1, 0.15) is 11.1 Å². The van der Waals surface area contributed by atoms with E-state index in [1.165, 1.54) is 19.1 Å². The molecule has 1 saturated heterocycles. The van der Waals surface area contributed by atoms with Crippen molar-refractivity contribution in [3.05, 3.63) is 57.0 Å². The number of carbonyl (C=O) groups excluding carboxylic acids is 2. The van der Waals surface area contributed by atoms with Crippen molar-refractivity contribution in [2.24, 2.45) is 0 Å². The highest BCUT2D eigenvalue weighted by atomic mass is 79.9. The van der Waals surface area contributed by atoms with Gasteiger partial charge in [0.15, 0.2) is 11.5 Å². The van der Waals surface area contributed by atoms with Crippen molar-refractivity contribution in [2.75, 3.05) is 14.2 Å². The molecule has 1 fully saturated rings. The van der Waals surface area contributed by atoms with Crippen LogP contribution in [0.4, 0.5) is 4.79 Å². The number of amides is 2. The molecule has 1 aliphatic heterocycles. The van der Waals surface area contributed by atoms with E-state index in [0.717, 1.165) is 27.4 Å². The second kappa shape index (κ2) is 8.54. The van der Waals surface area contributed by atoms with E-state index < -0.39 is 5.25 Å². The number of nitrogens with zero attached hydrogens (tertiary/aromatic N) is 1. The minimum Gasteiger partial charge on any atom is -0.493 e. The fourth-order valence-electron chi connectivity index (χ4n) is 2.80. The Labute approximate surface area is 175 Å². The van der Waals surface area contributed by atoms with Crippen LogP contribution in [0.2, 0.25) is 5.02 Å². The topological polar surface area (TPSA) is 55.8 Å². The zero-order valence-electron chi connectivity index (χ0n) is 14.7. The Hall–Kier alpha value is -1.70. The number of rotatable bonds is 6. The van der Waals surface area contributed by atoms with Gasteiger partial charge in [0, 0.05) is 15.6 Å². The Morgan fingerprint density at radius 3 is 2.37 bits per heavy atom. The number of ether oxygens (including phenoxy) is 2. The van der Waals surface area contributed by atoms with Crippen LogP contribution < -0.4 is 9.47 Å². The molecule has 1 heterocycles. The largest absolute Gasteiger partial charge is 0.493 e. The van der Waals surface area contributed by atoms with Gasteiger partial charge in [-0.3, -0.25) is 14.5 Å². The third kappa shape index (κ3) is 4.42. The van der Waals surface area contributed by atoms with Crippen molar-refractivity contribution >= 4 is 50.4 Å². The molecule has 8 heteroatoms. The van der Waals surface area contributed by atoms with Crippen molar-refractivity contribution < 1.29 is 19.1 Å². The quantitative estimate of drug-likeness (QED) is 0.599. The van der Waals surface area contributed by atoms with E-state index in [4.69, 9.17) is 21.1 Å². The summed E-state index contributed by atoms with van der Waals surface area (Å²) in [6.07, 6.45) is 0.339. The number of hydrogen-bond donors (Lipinski definition) is 0. The molecule has 0 N–H and O–H groups in total. The highest BCUT2D eigenvalue weighted by Gasteiger charge is 2.39. The SMILES string of the molecule is COc1cc(Cl)c(C[C@H]2SC(=O)N(Cc3ccc(Br)cc3)C2=O)cc1OC. The van der Waals surface area contributed by atoms with Crippen LogP contribution in [0, 0.1) is 0 Å². The highest BCUT2D eigenvalue weighted by Crippen LogP contribution is 2.37. The molecule has 1 aliphatic rings. The molecule has 0 bridgehead atoms. The van der Waals surface area contributed by atoms with Gasteiger partial charge in [-0.1, -0.05) is 51.4 Å². The fraction of sp³-hybridized carbons (Fsp3) is 0.263. The summed E-state index contributed by atoms with van der Waals surface area (Å²) in [6.45, 7) is 0.258. The lowest BCUT2D eigenvalue weighted by molar-refractivity contribution is -0.127. The van der Waals surface area contributed by atoms with Crippen LogP contribution in [0.25, 0.3) is 0 Å². The molecule has 0 aromatic heterocycles. The molecular weight excluding hydrogens is 454 g/mol. The third-order valence-corrected chi connectivity index (χ3v) is 6.17. The van der Waals surface area contributed by atoms with E-state index in [2.05, 4.69) is 15.9 Å². The van der Waals surface area contributed by atoms with Crippen molar-refractivity contribution in [2.45, 2.75) is 18.2 Å². The monoisotopic (exact) mass is 469 g/mol. The van der Waals surface area contributed by atoms with Crippen LogP contribution in [0.15, 0.2) is 40.9 Å². The molecular formula is C19H17BrClNO4S. The predicted molar refractivity (Wildman–Crippen MR) is 110 cm³/mol. The Morgan fingerprint density at radius 2 is 1.74 bits per heavy atom. The highest BCUT2D eigenvalue weighted by molar-refractivity contribution is 9.10. The second-order valence-corrected chi connectivity index (χ2v) is 8.40. The lowest BCUT2D eigenvalue weighted by Gasteiger charge is -2.15. The van der Waals surface area contributed by atoms with Crippen molar-refractivity contribution in [3.8, 4) is 11.5 Å². The number of hydrogen-bond acceptors (Lipinski definition) is 5. The molecule has 0 aliphatic carbocycles. The van der Waals surface area contributed by atoms with Gasteiger partial charge < -0.3 is 9.47 Å². The molecule has 0 spiro atoms. The number of methoxy groups -OCH3 is 2. The van der Waals surface area contributed by atoms with E-state index in [0.29, 0.717) is 22.9 Å². The minimum absolute atomic E-state index is 0.209. The molecule has 5 nitrogen and oxygen atoms in total. The Bertz CT molecular complexity index is 875. The first-order valence-corrected chi connectivity index (χ1v) is 10.1. The summed E-state index contributed by atoms with van der Waals surface area (Å²) < 4.78 is 11.5. The predicted octanol–water partition coefficient (Wildman–Crippen LogP) is 4.93. The van der Waals surface area contributed by atoms with E-state index in [-0.39, 0.29) is 17.7 Å². The van der Waals surface area contributed by atoms with Gasteiger partial charge in [0.05, 0.1) is 26.0 Å². The third-order valence-electron chi connectivity index (χ3n) is 4.22. The molecule has 2 aromatic carbocycles. The second-order valence-electron chi connectivity index (χ2n) is 5.93. The van der Waals surface area contributed by atoms with Gasteiger partial charge in [0.1, 0.15) is 0 Å². The van der Waals surface area contributed by atoms with Gasteiger partial charge in [-0.15, -0.1) is 0 Å². The molecule has 0 saturated carbocycles. The first-order valence-electron chi connectivity index (χ1n) is 8.09. The Balaban J connectivity index is 1.76. The summed E-state index contributed by atoms with van der Waals surface area (Å²) >= 11 is 10.7. The zero-order chi connectivity index (χ0) is 19.6. The summed E-state index contributed by atoms with van der Waals surface area (Å²) in [7, 11) is 3.07. The summed E-state index contributed by atoms with van der Waals surface area (Å²) in [5, 5.41) is -0.284. The Kier molecular flexibility index (Phi) is 6.34. The van der Waals surface area contributed by atoms with Crippen LogP contribution in [-0.4, -0.2) is 35.5 Å². The first kappa shape index (κ1) is 20.0. The number of benzene rings is 2. The maximum atomic E-state index is 12.8.